The van der Waals surface area contributed by atoms with Crippen LogP contribution in [0, 0.1) is 10.1 Å². The van der Waals surface area contributed by atoms with E-state index in [9.17, 15) is 10.1 Å². The van der Waals surface area contributed by atoms with Crippen LogP contribution >= 0.6 is 0 Å². The molecule has 0 saturated heterocycles. The molecule has 0 amide bonds. The predicted octanol–water partition coefficient (Wildman–Crippen LogP) is 2.26. The summed E-state index contributed by atoms with van der Waals surface area (Å²) < 4.78 is 9.55. The van der Waals surface area contributed by atoms with Gasteiger partial charge in [0, 0.05) is 5.56 Å². The Labute approximate surface area is 90.6 Å². The van der Waals surface area contributed by atoms with E-state index < -0.39 is 4.92 Å². The van der Waals surface area contributed by atoms with Gasteiger partial charge in [-0.1, -0.05) is 5.16 Å². The SMILES string of the molecule is COc1ccc(-c2cc([N+](=O)[O-])on2)cc1. The maximum Gasteiger partial charge on any atom is 0.456 e. The highest BCUT2D eigenvalue weighted by molar-refractivity contribution is 5.61. The highest BCUT2D eigenvalue weighted by atomic mass is 16.7. The highest BCUT2D eigenvalue weighted by Gasteiger charge is 2.14. The third kappa shape index (κ3) is 1.85. The summed E-state index contributed by atoms with van der Waals surface area (Å²) >= 11 is 0. The third-order valence-electron chi connectivity index (χ3n) is 2.06. The normalized spacial score (nSPS) is 10.1. The van der Waals surface area contributed by atoms with Gasteiger partial charge in [0.1, 0.15) is 16.4 Å². The fraction of sp³-hybridized carbons (Fsp3) is 0.100. The number of hydrogen-bond donors (Lipinski definition) is 0. The fourth-order valence-electron chi connectivity index (χ4n) is 1.25. The van der Waals surface area contributed by atoms with Crippen LogP contribution in [-0.4, -0.2) is 17.2 Å². The van der Waals surface area contributed by atoms with E-state index >= 15 is 0 Å². The summed E-state index contributed by atoms with van der Waals surface area (Å²) in [4.78, 5) is 9.77. The van der Waals surface area contributed by atoms with Gasteiger partial charge in [0.15, 0.2) is 0 Å². The third-order valence-corrected chi connectivity index (χ3v) is 2.06. The number of nitro groups is 1. The van der Waals surface area contributed by atoms with Gasteiger partial charge < -0.3 is 4.74 Å². The van der Waals surface area contributed by atoms with E-state index in [2.05, 4.69) is 9.68 Å². The average Bonchev–Trinajstić information content (AvgIpc) is 2.78. The molecular weight excluding hydrogens is 212 g/mol. The van der Waals surface area contributed by atoms with Crippen LogP contribution in [-0.2, 0) is 0 Å². The van der Waals surface area contributed by atoms with Crippen molar-refractivity contribution in [2.24, 2.45) is 0 Å². The number of hydrogen-bond acceptors (Lipinski definition) is 5. The van der Waals surface area contributed by atoms with Crippen LogP contribution in [0.25, 0.3) is 11.3 Å². The lowest BCUT2D eigenvalue weighted by atomic mass is 10.1. The number of ether oxygens (including phenoxy) is 1. The second kappa shape index (κ2) is 4.01. The number of rotatable bonds is 3. The molecule has 0 N–H and O–H groups in total. The predicted molar refractivity (Wildman–Crippen MR) is 55.1 cm³/mol. The zero-order valence-electron chi connectivity index (χ0n) is 8.41. The van der Waals surface area contributed by atoms with Gasteiger partial charge in [-0.3, -0.25) is 14.6 Å². The van der Waals surface area contributed by atoms with Crippen molar-refractivity contribution >= 4 is 5.88 Å². The molecule has 1 aromatic heterocycles. The van der Waals surface area contributed by atoms with Crippen molar-refractivity contribution in [1.82, 2.24) is 5.16 Å². The van der Waals surface area contributed by atoms with Gasteiger partial charge in [-0.15, -0.1) is 0 Å². The zero-order chi connectivity index (χ0) is 11.5. The van der Waals surface area contributed by atoms with E-state index in [1.165, 1.54) is 6.07 Å². The van der Waals surface area contributed by atoms with Crippen molar-refractivity contribution in [3.05, 3.63) is 40.4 Å². The Morgan fingerprint density at radius 2 is 2.06 bits per heavy atom. The Morgan fingerprint density at radius 3 is 2.56 bits per heavy atom. The molecule has 0 aliphatic rings. The molecule has 0 spiro atoms. The van der Waals surface area contributed by atoms with Gasteiger partial charge in [0.25, 0.3) is 0 Å². The van der Waals surface area contributed by atoms with Crippen molar-refractivity contribution in [2.75, 3.05) is 7.11 Å². The second-order valence-corrected chi connectivity index (χ2v) is 3.04. The quantitative estimate of drug-likeness (QED) is 0.585. The molecule has 0 fully saturated rings. The Balaban J connectivity index is 2.31. The van der Waals surface area contributed by atoms with Crippen LogP contribution in [0.15, 0.2) is 34.9 Å². The van der Waals surface area contributed by atoms with Crippen LogP contribution in [0.3, 0.4) is 0 Å². The van der Waals surface area contributed by atoms with E-state index in [1.807, 2.05) is 0 Å². The zero-order valence-corrected chi connectivity index (χ0v) is 8.41. The first kappa shape index (κ1) is 10.2. The molecule has 16 heavy (non-hydrogen) atoms. The van der Waals surface area contributed by atoms with Crippen molar-refractivity contribution in [2.45, 2.75) is 0 Å². The standard InChI is InChI=1S/C10H8N2O4/c1-15-8-4-2-7(3-5-8)9-6-10(12(13)14)16-11-9/h2-6H,1H3. The molecule has 2 rings (SSSR count). The summed E-state index contributed by atoms with van der Waals surface area (Å²) in [5.41, 5.74) is 1.16. The number of methoxy groups -OCH3 is 1. The van der Waals surface area contributed by atoms with Crippen molar-refractivity contribution in [3.8, 4) is 17.0 Å². The van der Waals surface area contributed by atoms with E-state index in [1.54, 1.807) is 31.4 Å². The van der Waals surface area contributed by atoms with Gasteiger partial charge in [0.05, 0.1) is 13.2 Å². The van der Waals surface area contributed by atoms with E-state index in [0.29, 0.717) is 11.4 Å². The molecule has 0 aliphatic heterocycles. The molecule has 0 bridgehead atoms. The Hall–Kier alpha value is -2.37. The molecule has 2 aromatic rings. The number of nitrogens with zero attached hydrogens (tertiary/aromatic N) is 2. The van der Waals surface area contributed by atoms with Crippen molar-refractivity contribution in [3.63, 3.8) is 0 Å². The molecular formula is C10H8N2O4. The molecule has 0 atom stereocenters. The second-order valence-electron chi connectivity index (χ2n) is 3.04. The molecule has 6 nitrogen and oxygen atoms in total. The summed E-state index contributed by atoms with van der Waals surface area (Å²) in [7, 11) is 1.57. The summed E-state index contributed by atoms with van der Waals surface area (Å²) in [6.07, 6.45) is 0. The van der Waals surface area contributed by atoms with Crippen LogP contribution in [0.5, 0.6) is 5.75 Å². The summed E-state index contributed by atoms with van der Waals surface area (Å²) in [5, 5.41) is 14.0. The molecule has 0 radical (unpaired) electrons. The smallest absolute Gasteiger partial charge is 0.456 e. The van der Waals surface area contributed by atoms with Crippen molar-refractivity contribution < 1.29 is 14.2 Å². The summed E-state index contributed by atoms with van der Waals surface area (Å²) in [6.45, 7) is 0. The first-order valence-corrected chi connectivity index (χ1v) is 4.46. The molecule has 6 heteroatoms. The highest BCUT2D eigenvalue weighted by Crippen LogP contribution is 2.24. The molecule has 82 valence electrons. The van der Waals surface area contributed by atoms with Gasteiger partial charge in [-0.05, 0) is 24.3 Å². The lowest BCUT2D eigenvalue weighted by Gasteiger charge is -1.99. The minimum absolute atomic E-state index is 0.370. The van der Waals surface area contributed by atoms with E-state index in [0.717, 1.165) is 5.56 Å². The Morgan fingerprint density at radius 1 is 1.38 bits per heavy atom. The largest absolute Gasteiger partial charge is 0.497 e. The molecule has 0 unspecified atom stereocenters. The first-order valence-electron chi connectivity index (χ1n) is 4.46. The molecule has 0 saturated carbocycles. The lowest BCUT2D eigenvalue weighted by molar-refractivity contribution is -0.404. The first-order chi connectivity index (χ1) is 7.70. The minimum Gasteiger partial charge on any atom is -0.497 e. The summed E-state index contributed by atoms with van der Waals surface area (Å²) in [6, 6.07) is 8.27. The Bertz CT molecular complexity index is 504. The molecule has 1 aromatic carbocycles. The topological polar surface area (TPSA) is 78.4 Å². The van der Waals surface area contributed by atoms with Crippen molar-refractivity contribution in [1.29, 1.82) is 0 Å². The van der Waals surface area contributed by atoms with Crippen LogP contribution in [0.1, 0.15) is 0 Å². The Kier molecular flexibility index (Phi) is 2.55. The van der Waals surface area contributed by atoms with Gasteiger partial charge in [-0.25, -0.2) is 0 Å². The van der Waals surface area contributed by atoms with Gasteiger partial charge in [-0.2, -0.15) is 0 Å². The monoisotopic (exact) mass is 220 g/mol. The number of benzene rings is 1. The maximum absolute atomic E-state index is 10.4. The minimum atomic E-state index is -0.625. The summed E-state index contributed by atoms with van der Waals surface area (Å²) in [5.74, 6) is 0.340. The van der Waals surface area contributed by atoms with Crippen LogP contribution < -0.4 is 4.74 Å². The average molecular weight is 220 g/mol. The maximum atomic E-state index is 10.4. The van der Waals surface area contributed by atoms with E-state index in [4.69, 9.17) is 4.74 Å². The fourth-order valence-corrected chi connectivity index (χ4v) is 1.25. The van der Waals surface area contributed by atoms with Crippen LogP contribution in [0.4, 0.5) is 5.88 Å². The number of aromatic nitrogens is 1. The molecule has 0 aliphatic carbocycles. The lowest BCUT2D eigenvalue weighted by Crippen LogP contribution is -1.83. The van der Waals surface area contributed by atoms with Gasteiger partial charge >= 0.3 is 5.88 Å². The van der Waals surface area contributed by atoms with Gasteiger partial charge in [0.2, 0.25) is 0 Å². The molecule has 1 heterocycles. The van der Waals surface area contributed by atoms with Crippen LogP contribution in [0.2, 0.25) is 0 Å². The van der Waals surface area contributed by atoms with E-state index in [-0.39, 0.29) is 5.88 Å².